The van der Waals surface area contributed by atoms with Gasteiger partial charge in [0.05, 0.1) is 16.6 Å². The summed E-state index contributed by atoms with van der Waals surface area (Å²) in [7, 11) is 0. The molecule has 3 rings (SSSR count). The molecule has 0 unspecified atom stereocenters. The van der Waals surface area contributed by atoms with Gasteiger partial charge in [0.15, 0.2) is 0 Å². The molecule has 1 N–H and O–H groups in total. The number of rotatable bonds is 3. The highest BCUT2D eigenvalue weighted by atomic mass is 14.9. The lowest BCUT2D eigenvalue weighted by Crippen LogP contribution is -1.83. The van der Waals surface area contributed by atoms with Crippen LogP contribution in [0.3, 0.4) is 0 Å². The number of hydrogen-bond donors (Lipinski definition) is 1. The number of imidazole rings is 1. The SMILES string of the molecule is N#C/C(=C\C=C/c1ccccc1)c1nc2ccccc2[nH]1. The molecule has 0 amide bonds. The number of aromatic amines is 1. The predicted octanol–water partition coefficient (Wildman–Crippen LogP) is 4.18. The molecule has 0 aliphatic rings. The quantitative estimate of drug-likeness (QED) is 0.573. The zero-order valence-corrected chi connectivity index (χ0v) is 11.3. The van der Waals surface area contributed by atoms with E-state index in [-0.39, 0.29) is 0 Å². The van der Waals surface area contributed by atoms with Crippen LogP contribution in [-0.4, -0.2) is 9.97 Å². The summed E-state index contributed by atoms with van der Waals surface area (Å²) in [5.74, 6) is 0.594. The molecule has 0 saturated carbocycles. The monoisotopic (exact) mass is 271 g/mol. The minimum Gasteiger partial charge on any atom is -0.337 e. The van der Waals surface area contributed by atoms with E-state index in [2.05, 4.69) is 16.0 Å². The maximum atomic E-state index is 9.29. The molecule has 1 heterocycles. The Morgan fingerprint density at radius 3 is 2.57 bits per heavy atom. The first-order valence-corrected chi connectivity index (χ1v) is 6.65. The van der Waals surface area contributed by atoms with Gasteiger partial charge >= 0.3 is 0 Å². The lowest BCUT2D eigenvalue weighted by atomic mass is 10.2. The van der Waals surface area contributed by atoms with Crippen molar-refractivity contribution in [1.82, 2.24) is 9.97 Å². The van der Waals surface area contributed by atoms with Crippen LogP contribution >= 0.6 is 0 Å². The molecular formula is C18H13N3. The molecule has 0 saturated heterocycles. The third kappa shape index (κ3) is 2.90. The third-order valence-corrected chi connectivity index (χ3v) is 3.12. The van der Waals surface area contributed by atoms with Crippen LogP contribution < -0.4 is 0 Å². The van der Waals surface area contributed by atoms with Crippen LogP contribution in [0.5, 0.6) is 0 Å². The highest BCUT2D eigenvalue weighted by Crippen LogP contribution is 2.16. The number of H-pyrrole nitrogens is 1. The molecule has 3 nitrogen and oxygen atoms in total. The number of nitriles is 1. The average molecular weight is 271 g/mol. The number of benzene rings is 2. The summed E-state index contributed by atoms with van der Waals surface area (Å²) in [5, 5.41) is 9.29. The predicted molar refractivity (Wildman–Crippen MR) is 85.2 cm³/mol. The molecule has 2 aromatic carbocycles. The first kappa shape index (κ1) is 12.9. The van der Waals surface area contributed by atoms with Crippen molar-refractivity contribution in [2.24, 2.45) is 0 Å². The Morgan fingerprint density at radius 2 is 1.81 bits per heavy atom. The van der Waals surface area contributed by atoms with E-state index in [1.165, 1.54) is 0 Å². The fraction of sp³-hybridized carbons (Fsp3) is 0. The van der Waals surface area contributed by atoms with Crippen molar-refractivity contribution in [1.29, 1.82) is 5.26 Å². The van der Waals surface area contributed by atoms with Crippen molar-refractivity contribution in [3.63, 3.8) is 0 Å². The fourth-order valence-electron chi connectivity index (χ4n) is 2.07. The Bertz CT molecular complexity index is 816. The van der Waals surface area contributed by atoms with Gasteiger partial charge in [0, 0.05) is 0 Å². The number of aromatic nitrogens is 2. The van der Waals surface area contributed by atoms with Crippen LogP contribution in [0.2, 0.25) is 0 Å². The fourth-order valence-corrected chi connectivity index (χ4v) is 2.07. The summed E-state index contributed by atoms with van der Waals surface area (Å²) in [6.45, 7) is 0. The van der Waals surface area contributed by atoms with Gasteiger partial charge in [-0.1, -0.05) is 54.6 Å². The van der Waals surface area contributed by atoms with Crippen molar-refractivity contribution in [3.8, 4) is 6.07 Å². The summed E-state index contributed by atoms with van der Waals surface area (Å²) in [4.78, 5) is 7.59. The molecule has 0 spiro atoms. The molecule has 0 bridgehead atoms. The number of nitrogens with one attached hydrogen (secondary N) is 1. The van der Waals surface area contributed by atoms with Gasteiger partial charge in [-0.25, -0.2) is 4.98 Å². The van der Waals surface area contributed by atoms with Crippen molar-refractivity contribution in [3.05, 3.63) is 78.1 Å². The first-order chi connectivity index (χ1) is 10.4. The summed E-state index contributed by atoms with van der Waals surface area (Å²) < 4.78 is 0. The molecule has 0 aliphatic heterocycles. The summed E-state index contributed by atoms with van der Waals surface area (Å²) in [6, 6.07) is 19.9. The van der Waals surface area contributed by atoms with E-state index in [0.29, 0.717) is 11.4 Å². The summed E-state index contributed by atoms with van der Waals surface area (Å²) >= 11 is 0. The van der Waals surface area contributed by atoms with Gasteiger partial charge in [0.25, 0.3) is 0 Å². The van der Waals surface area contributed by atoms with Gasteiger partial charge in [0.2, 0.25) is 0 Å². The zero-order valence-electron chi connectivity index (χ0n) is 11.3. The Morgan fingerprint density at radius 1 is 1.05 bits per heavy atom. The second-order valence-corrected chi connectivity index (χ2v) is 4.56. The maximum Gasteiger partial charge on any atom is 0.149 e. The van der Waals surface area contributed by atoms with E-state index in [9.17, 15) is 5.26 Å². The Kier molecular flexibility index (Phi) is 3.62. The number of allylic oxidation sites excluding steroid dienone is 3. The molecule has 0 aliphatic carbocycles. The van der Waals surface area contributed by atoms with Gasteiger partial charge in [-0.2, -0.15) is 5.26 Å². The van der Waals surface area contributed by atoms with Gasteiger partial charge in [-0.15, -0.1) is 0 Å². The molecule has 100 valence electrons. The molecule has 3 heteroatoms. The van der Waals surface area contributed by atoms with Crippen LogP contribution in [0, 0.1) is 11.3 Å². The van der Waals surface area contributed by atoms with Gasteiger partial charge < -0.3 is 4.98 Å². The van der Waals surface area contributed by atoms with Crippen LogP contribution in [0.25, 0.3) is 22.7 Å². The van der Waals surface area contributed by atoms with Crippen molar-refractivity contribution in [2.45, 2.75) is 0 Å². The van der Waals surface area contributed by atoms with E-state index in [4.69, 9.17) is 0 Å². The average Bonchev–Trinajstić information content (AvgIpc) is 2.96. The van der Waals surface area contributed by atoms with Crippen molar-refractivity contribution in [2.75, 3.05) is 0 Å². The minimum atomic E-state index is 0.512. The Hall–Kier alpha value is -3.12. The maximum absolute atomic E-state index is 9.29. The lowest BCUT2D eigenvalue weighted by Gasteiger charge is -1.91. The number of para-hydroxylation sites is 2. The van der Waals surface area contributed by atoms with E-state index >= 15 is 0 Å². The Labute approximate surface area is 122 Å². The molecule has 1 aromatic heterocycles. The molecule has 0 atom stereocenters. The molecule has 21 heavy (non-hydrogen) atoms. The third-order valence-electron chi connectivity index (χ3n) is 3.12. The molecular weight excluding hydrogens is 258 g/mol. The van der Waals surface area contributed by atoms with E-state index in [1.54, 1.807) is 6.08 Å². The Balaban J connectivity index is 1.89. The molecule has 3 aromatic rings. The van der Waals surface area contributed by atoms with Crippen LogP contribution in [-0.2, 0) is 0 Å². The van der Waals surface area contributed by atoms with Gasteiger partial charge in [0.1, 0.15) is 11.9 Å². The van der Waals surface area contributed by atoms with E-state index in [1.807, 2.05) is 66.7 Å². The number of nitrogens with zero attached hydrogens (tertiary/aromatic N) is 2. The van der Waals surface area contributed by atoms with E-state index < -0.39 is 0 Å². The first-order valence-electron chi connectivity index (χ1n) is 6.65. The summed E-state index contributed by atoms with van der Waals surface area (Å²) in [6.07, 6.45) is 5.59. The largest absolute Gasteiger partial charge is 0.337 e. The van der Waals surface area contributed by atoms with Crippen LogP contribution in [0.1, 0.15) is 11.4 Å². The van der Waals surface area contributed by atoms with Crippen LogP contribution in [0.4, 0.5) is 0 Å². The van der Waals surface area contributed by atoms with Crippen molar-refractivity contribution < 1.29 is 0 Å². The van der Waals surface area contributed by atoms with E-state index in [0.717, 1.165) is 16.6 Å². The molecule has 0 radical (unpaired) electrons. The second-order valence-electron chi connectivity index (χ2n) is 4.56. The smallest absolute Gasteiger partial charge is 0.149 e. The van der Waals surface area contributed by atoms with Crippen LogP contribution in [0.15, 0.2) is 66.7 Å². The highest BCUT2D eigenvalue weighted by Gasteiger charge is 2.05. The normalized spacial score (nSPS) is 11.9. The summed E-state index contributed by atoms with van der Waals surface area (Å²) in [5.41, 5.74) is 3.40. The van der Waals surface area contributed by atoms with Gasteiger partial charge in [-0.3, -0.25) is 0 Å². The number of fused-ring (bicyclic) bond motifs is 1. The second kappa shape index (κ2) is 5.89. The lowest BCUT2D eigenvalue weighted by molar-refractivity contribution is 1.27. The zero-order chi connectivity index (χ0) is 14.5. The minimum absolute atomic E-state index is 0.512. The van der Waals surface area contributed by atoms with Gasteiger partial charge in [-0.05, 0) is 23.8 Å². The highest BCUT2D eigenvalue weighted by molar-refractivity contribution is 5.82. The van der Waals surface area contributed by atoms with Crippen molar-refractivity contribution >= 4 is 22.7 Å². The number of hydrogen-bond acceptors (Lipinski definition) is 2. The molecule has 0 fully saturated rings. The standard InChI is InChI=1S/C18H13N3/c19-13-15(10-6-9-14-7-2-1-3-8-14)18-20-16-11-4-5-12-17(16)21-18/h1-12H,(H,20,21)/b9-6-,15-10+. The topological polar surface area (TPSA) is 52.5 Å².